The summed E-state index contributed by atoms with van der Waals surface area (Å²) < 4.78 is 6.54. The van der Waals surface area contributed by atoms with Gasteiger partial charge < -0.3 is 9.73 Å². The van der Waals surface area contributed by atoms with Crippen LogP contribution in [0.2, 0.25) is 0 Å². The van der Waals surface area contributed by atoms with Crippen LogP contribution in [-0.2, 0) is 4.79 Å². The molecule has 6 nitrogen and oxygen atoms in total. The lowest BCUT2D eigenvalue weighted by molar-refractivity contribution is -0.121. The Morgan fingerprint density at radius 1 is 1.17 bits per heavy atom. The topological polar surface area (TPSA) is 83.7 Å². The van der Waals surface area contributed by atoms with Gasteiger partial charge in [-0.1, -0.05) is 12.1 Å². The van der Waals surface area contributed by atoms with E-state index in [0.29, 0.717) is 29.0 Å². The minimum Gasteiger partial charge on any atom is -0.448 e. The third-order valence-corrected chi connectivity index (χ3v) is 4.08. The number of amides is 2. The van der Waals surface area contributed by atoms with Crippen LogP contribution in [-0.4, -0.2) is 24.6 Å². The fourth-order valence-electron chi connectivity index (χ4n) is 1.81. The van der Waals surface area contributed by atoms with Crippen LogP contribution in [0.1, 0.15) is 29.0 Å². The summed E-state index contributed by atoms with van der Waals surface area (Å²) in [6, 6.07) is 10.6. The Bertz CT molecular complexity index is 744. The maximum absolute atomic E-state index is 12.0. The molecule has 0 saturated heterocycles. The molecule has 1 heterocycles. The molecule has 0 spiro atoms. The van der Waals surface area contributed by atoms with E-state index in [0.717, 1.165) is 4.47 Å². The third kappa shape index (κ3) is 5.93. The average molecular weight is 457 g/mol. The van der Waals surface area contributed by atoms with Crippen LogP contribution >= 0.6 is 31.9 Å². The summed E-state index contributed by atoms with van der Waals surface area (Å²) in [7, 11) is 0. The lowest BCUT2D eigenvalue weighted by atomic mass is 10.2. The maximum Gasteiger partial charge on any atom is 0.252 e. The van der Waals surface area contributed by atoms with Gasteiger partial charge in [-0.15, -0.1) is 0 Å². The standard InChI is InChI=1S/C16H15Br2N3O3/c17-13-5-2-1-4-12(13)16(23)19-9-3-6-15(22)21-20-10-11-7-8-14(18)24-11/h1-2,4-5,7-8,10H,3,6,9H2,(H,19,23)(H,21,22). The summed E-state index contributed by atoms with van der Waals surface area (Å²) in [6.07, 6.45) is 2.19. The van der Waals surface area contributed by atoms with Crippen molar-refractivity contribution in [1.29, 1.82) is 0 Å². The van der Waals surface area contributed by atoms with Crippen molar-refractivity contribution in [2.75, 3.05) is 6.54 Å². The molecule has 2 amide bonds. The Morgan fingerprint density at radius 2 is 1.96 bits per heavy atom. The molecule has 0 atom stereocenters. The molecule has 24 heavy (non-hydrogen) atoms. The lowest BCUT2D eigenvalue weighted by Crippen LogP contribution is -2.26. The molecule has 0 unspecified atom stereocenters. The third-order valence-electron chi connectivity index (χ3n) is 2.96. The normalized spacial score (nSPS) is 10.8. The summed E-state index contributed by atoms with van der Waals surface area (Å²) in [5, 5.41) is 6.57. The molecule has 0 aliphatic heterocycles. The maximum atomic E-state index is 12.0. The van der Waals surface area contributed by atoms with Gasteiger partial charge in [-0.2, -0.15) is 5.10 Å². The van der Waals surface area contributed by atoms with E-state index in [1.165, 1.54) is 6.21 Å². The van der Waals surface area contributed by atoms with Crippen LogP contribution in [0.15, 0.2) is 55.1 Å². The van der Waals surface area contributed by atoms with E-state index < -0.39 is 0 Å². The summed E-state index contributed by atoms with van der Waals surface area (Å²) >= 11 is 6.50. The van der Waals surface area contributed by atoms with Gasteiger partial charge in [0.1, 0.15) is 5.76 Å². The first-order chi connectivity index (χ1) is 11.6. The second-order valence-corrected chi connectivity index (χ2v) is 6.41. The first kappa shape index (κ1) is 18.4. The summed E-state index contributed by atoms with van der Waals surface area (Å²) in [5.41, 5.74) is 2.97. The molecule has 2 rings (SSSR count). The van der Waals surface area contributed by atoms with Crippen LogP contribution in [0.25, 0.3) is 0 Å². The fourth-order valence-corrected chi connectivity index (χ4v) is 2.60. The van der Waals surface area contributed by atoms with Crippen molar-refractivity contribution in [1.82, 2.24) is 10.7 Å². The zero-order valence-corrected chi connectivity index (χ0v) is 15.8. The van der Waals surface area contributed by atoms with Gasteiger partial charge >= 0.3 is 0 Å². The van der Waals surface area contributed by atoms with Crippen molar-refractivity contribution in [2.45, 2.75) is 12.8 Å². The number of hydrazone groups is 1. The van der Waals surface area contributed by atoms with E-state index in [2.05, 4.69) is 47.7 Å². The minimum atomic E-state index is -0.230. The number of hydrogen-bond donors (Lipinski definition) is 2. The quantitative estimate of drug-likeness (QED) is 0.380. The van der Waals surface area contributed by atoms with Crippen molar-refractivity contribution in [3.05, 3.63) is 56.9 Å². The van der Waals surface area contributed by atoms with Gasteiger partial charge in [-0.3, -0.25) is 9.59 Å². The number of rotatable bonds is 7. The SMILES string of the molecule is O=C(CCCNC(=O)c1ccccc1Br)NN=Cc1ccc(Br)o1. The highest BCUT2D eigenvalue weighted by atomic mass is 79.9. The molecule has 0 fully saturated rings. The molecule has 8 heteroatoms. The average Bonchev–Trinajstić information content (AvgIpc) is 2.97. The Morgan fingerprint density at radius 3 is 2.67 bits per heavy atom. The number of furan rings is 1. The Hall–Kier alpha value is -1.93. The van der Waals surface area contributed by atoms with Gasteiger partial charge in [0.2, 0.25) is 5.91 Å². The van der Waals surface area contributed by atoms with E-state index in [1.807, 2.05) is 6.07 Å². The second-order valence-electron chi connectivity index (χ2n) is 4.77. The first-order valence-electron chi connectivity index (χ1n) is 7.16. The van der Waals surface area contributed by atoms with Crippen LogP contribution in [0, 0.1) is 0 Å². The smallest absolute Gasteiger partial charge is 0.252 e. The van der Waals surface area contributed by atoms with Gasteiger partial charge in [0.15, 0.2) is 4.67 Å². The lowest BCUT2D eigenvalue weighted by Gasteiger charge is -2.06. The number of carbonyl (C=O) groups excluding carboxylic acids is 2. The Kier molecular flexibility index (Phi) is 7.20. The highest BCUT2D eigenvalue weighted by Gasteiger charge is 2.08. The van der Waals surface area contributed by atoms with E-state index in [9.17, 15) is 9.59 Å². The number of nitrogens with one attached hydrogen (secondary N) is 2. The molecule has 1 aromatic heterocycles. The van der Waals surface area contributed by atoms with Crippen molar-refractivity contribution in [3.8, 4) is 0 Å². The fraction of sp³-hybridized carbons (Fsp3) is 0.188. The molecule has 0 aliphatic rings. The first-order valence-corrected chi connectivity index (χ1v) is 8.75. The van der Waals surface area contributed by atoms with Gasteiger partial charge in [0, 0.05) is 17.4 Å². The minimum absolute atomic E-state index is 0.177. The van der Waals surface area contributed by atoms with Crippen molar-refractivity contribution in [3.63, 3.8) is 0 Å². The molecule has 0 saturated carbocycles. The van der Waals surface area contributed by atoms with Crippen molar-refractivity contribution in [2.24, 2.45) is 5.10 Å². The Balaban J connectivity index is 1.65. The predicted molar refractivity (Wildman–Crippen MR) is 97.9 cm³/mol. The van der Waals surface area contributed by atoms with Crippen molar-refractivity contribution < 1.29 is 14.0 Å². The molecule has 0 bridgehead atoms. The number of hydrogen-bond acceptors (Lipinski definition) is 4. The van der Waals surface area contributed by atoms with E-state index >= 15 is 0 Å². The molecule has 2 aromatic rings. The molecular formula is C16H15Br2N3O3. The summed E-state index contributed by atoms with van der Waals surface area (Å²) in [4.78, 5) is 23.6. The van der Waals surface area contributed by atoms with E-state index in [4.69, 9.17) is 4.42 Å². The zero-order valence-electron chi connectivity index (χ0n) is 12.6. The second kappa shape index (κ2) is 9.39. The zero-order chi connectivity index (χ0) is 17.4. The Labute approximate surface area is 155 Å². The van der Waals surface area contributed by atoms with Crippen LogP contribution in [0.3, 0.4) is 0 Å². The van der Waals surface area contributed by atoms with Gasteiger partial charge in [0.05, 0.1) is 11.8 Å². The number of halogens is 2. The van der Waals surface area contributed by atoms with Gasteiger partial charge in [-0.05, 0) is 62.5 Å². The van der Waals surface area contributed by atoms with E-state index in [-0.39, 0.29) is 18.2 Å². The molecule has 2 N–H and O–H groups in total. The summed E-state index contributed by atoms with van der Waals surface area (Å²) in [5.74, 6) is 0.124. The highest BCUT2D eigenvalue weighted by Crippen LogP contribution is 2.15. The van der Waals surface area contributed by atoms with Gasteiger partial charge in [0.25, 0.3) is 5.91 Å². The van der Waals surface area contributed by atoms with Crippen molar-refractivity contribution >= 4 is 49.9 Å². The molecule has 126 valence electrons. The highest BCUT2D eigenvalue weighted by molar-refractivity contribution is 9.10. The number of carbonyl (C=O) groups is 2. The molecule has 0 aliphatic carbocycles. The van der Waals surface area contributed by atoms with Gasteiger partial charge in [-0.25, -0.2) is 5.43 Å². The van der Waals surface area contributed by atoms with Crippen LogP contribution in [0.5, 0.6) is 0 Å². The molecular weight excluding hydrogens is 442 g/mol. The molecule has 0 radical (unpaired) electrons. The number of benzene rings is 1. The predicted octanol–water partition coefficient (Wildman–Crippen LogP) is 3.46. The monoisotopic (exact) mass is 455 g/mol. The van der Waals surface area contributed by atoms with Crippen LogP contribution in [0.4, 0.5) is 0 Å². The van der Waals surface area contributed by atoms with Crippen LogP contribution < -0.4 is 10.7 Å². The molecule has 1 aromatic carbocycles. The van der Waals surface area contributed by atoms with E-state index in [1.54, 1.807) is 30.3 Å². The largest absolute Gasteiger partial charge is 0.448 e. The number of nitrogens with zero attached hydrogens (tertiary/aromatic N) is 1. The summed E-state index contributed by atoms with van der Waals surface area (Å²) in [6.45, 7) is 0.405.